The third kappa shape index (κ3) is 6.12. The molecule has 0 spiro atoms. The van der Waals surface area contributed by atoms with Gasteiger partial charge in [0.15, 0.2) is 0 Å². The highest BCUT2D eigenvalue weighted by Gasteiger charge is 2.45. The molecule has 6 nitrogen and oxygen atoms in total. The average molecular weight is 479 g/mol. The predicted molar refractivity (Wildman–Crippen MR) is 140 cm³/mol. The van der Waals surface area contributed by atoms with Crippen LogP contribution in [0.5, 0.6) is 5.75 Å². The molecule has 1 amide bonds. The number of likely N-dealkylation sites (tertiary alicyclic amines) is 1. The molecule has 0 aliphatic carbocycles. The fraction of sp³-hybridized carbons (Fsp3) is 0.448. The van der Waals surface area contributed by atoms with Gasteiger partial charge in [-0.15, -0.1) is 0 Å². The molecule has 1 N–H and O–H groups in total. The van der Waals surface area contributed by atoms with Crippen molar-refractivity contribution in [1.29, 1.82) is 0 Å². The van der Waals surface area contributed by atoms with Gasteiger partial charge >= 0.3 is 0 Å². The summed E-state index contributed by atoms with van der Waals surface area (Å²) in [6, 6.07) is 12.7. The normalized spacial score (nSPS) is 17.6. The zero-order valence-electron chi connectivity index (χ0n) is 21.8. The van der Waals surface area contributed by atoms with Gasteiger partial charge in [0.25, 0.3) is 11.7 Å². The number of hydrogen-bond acceptors (Lipinski definition) is 5. The van der Waals surface area contributed by atoms with Gasteiger partial charge in [-0.25, -0.2) is 0 Å². The molecule has 1 atom stereocenters. The third-order valence-corrected chi connectivity index (χ3v) is 6.28. The van der Waals surface area contributed by atoms with Crippen molar-refractivity contribution in [3.63, 3.8) is 0 Å². The first-order chi connectivity index (χ1) is 16.6. The maximum absolute atomic E-state index is 13.2. The van der Waals surface area contributed by atoms with Crippen LogP contribution in [0, 0.1) is 12.8 Å². The number of hydrogen-bond donors (Lipinski definition) is 1. The highest BCUT2D eigenvalue weighted by atomic mass is 16.5. The van der Waals surface area contributed by atoms with Gasteiger partial charge in [0, 0.05) is 12.1 Å². The van der Waals surface area contributed by atoms with Crippen LogP contribution in [0.15, 0.2) is 48.0 Å². The molecule has 1 aliphatic heterocycles. The molecule has 1 aliphatic rings. The topological polar surface area (TPSA) is 70.1 Å². The number of carbonyl (C=O) groups is 2. The number of aliphatic hydroxyl groups excluding tert-OH is 1. The van der Waals surface area contributed by atoms with Gasteiger partial charge in [-0.1, -0.05) is 45.0 Å². The van der Waals surface area contributed by atoms with Crippen LogP contribution in [0.2, 0.25) is 0 Å². The molecule has 188 valence electrons. The second kappa shape index (κ2) is 11.5. The number of benzene rings is 2. The number of aryl methyl sites for hydroxylation is 2. The standard InChI is InChI=1S/C29H38N2O4/c1-7-21-9-11-22(12-10-21)26-25(28(33)29(34)31(26)16-8-15-30(5)6)27(32)24-14-13-23(17-20(24)4)35-18-19(2)3/h9-14,17,19,26,32H,7-8,15-16,18H2,1-6H3/b27-25+/t26-/m1/s1. The number of ketones is 1. The van der Waals surface area contributed by atoms with E-state index < -0.39 is 17.7 Å². The first kappa shape index (κ1) is 26.5. The molecule has 6 heteroatoms. The van der Waals surface area contributed by atoms with Gasteiger partial charge in [-0.2, -0.15) is 0 Å². The summed E-state index contributed by atoms with van der Waals surface area (Å²) in [7, 11) is 3.96. The first-order valence-corrected chi connectivity index (χ1v) is 12.4. The Morgan fingerprint density at radius 3 is 2.37 bits per heavy atom. The van der Waals surface area contributed by atoms with E-state index in [1.54, 1.807) is 17.0 Å². The Kier molecular flexibility index (Phi) is 8.73. The molecule has 1 fully saturated rings. The Hall–Kier alpha value is -3.12. The quantitative estimate of drug-likeness (QED) is 0.297. The van der Waals surface area contributed by atoms with Crippen molar-refractivity contribution in [1.82, 2.24) is 9.80 Å². The summed E-state index contributed by atoms with van der Waals surface area (Å²) in [5.41, 5.74) is 3.45. The van der Waals surface area contributed by atoms with E-state index in [9.17, 15) is 14.7 Å². The van der Waals surface area contributed by atoms with E-state index in [0.717, 1.165) is 30.5 Å². The van der Waals surface area contributed by atoms with E-state index in [-0.39, 0.29) is 11.3 Å². The van der Waals surface area contributed by atoms with Gasteiger partial charge in [-0.3, -0.25) is 9.59 Å². The van der Waals surface area contributed by atoms with E-state index >= 15 is 0 Å². The molecule has 0 radical (unpaired) electrons. The average Bonchev–Trinajstić information content (AvgIpc) is 3.07. The number of amides is 1. The molecule has 35 heavy (non-hydrogen) atoms. The fourth-order valence-electron chi connectivity index (χ4n) is 4.35. The van der Waals surface area contributed by atoms with Crippen molar-refractivity contribution in [3.05, 3.63) is 70.3 Å². The molecule has 2 aromatic carbocycles. The molecule has 3 rings (SSSR count). The molecular weight excluding hydrogens is 440 g/mol. The Morgan fingerprint density at radius 1 is 1.11 bits per heavy atom. The van der Waals surface area contributed by atoms with Gasteiger partial charge < -0.3 is 19.6 Å². The minimum Gasteiger partial charge on any atom is -0.507 e. The predicted octanol–water partition coefficient (Wildman–Crippen LogP) is 4.97. The Bertz CT molecular complexity index is 1090. The molecule has 1 saturated heterocycles. The second-order valence-electron chi connectivity index (χ2n) is 9.93. The van der Waals surface area contributed by atoms with Gasteiger partial charge in [0.1, 0.15) is 11.5 Å². The lowest BCUT2D eigenvalue weighted by Gasteiger charge is -2.26. The van der Waals surface area contributed by atoms with Crippen LogP contribution in [0.4, 0.5) is 0 Å². The number of carbonyl (C=O) groups excluding carboxylic acids is 2. The fourth-order valence-corrected chi connectivity index (χ4v) is 4.35. The highest BCUT2D eigenvalue weighted by Crippen LogP contribution is 2.40. The molecule has 0 bridgehead atoms. The molecule has 0 unspecified atom stereocenters. The Labute approximate surface area is 209 Å². The van der Waals surface area contributed by atoms with Crippen molar-refractivity contribution >= 4 is 17.4 Å². The van der Waals surface area contributed by atoms with Gasteiger partial charge in [0.2, 0.25) is 0 Å². The summed E-state index contributed by atoms with van der Waals surface area (Å²) < 4.78 is 5.81. The lowest BCUT2D eigenvalue weighted by molar-refractivity contribution is -0.139. The summed E-state index contributed by atoms with van der Waals surface area (Å²) in [4.78, 5) is 30.0. The molecule has 0 aromatic heterocycles. The largest absolute Gasteiger partial charge is 0.507 e. The summed E-state index contributed by atoms with van der Waals surface area (Å²) >= 11 is 0. The van der Waals surface area contributed by atoms with Crippen LogP contribution < -0.4 is 4.74 Å². The van der Waals surface area contributed by atoms with E-state index in [0.29, 0.717) is 30.4 Å². The van der Waals surface area contributed by atoms with Crippen molar-refractivity contribution in [2.24, 2.45) is 5.92 Å². The summed E-state index contributed by atoms with van der Waals surface area (Å²) in [5, 5.41) is 11.4. The smallest absolute Gasteiger partial charge is 0.295 e. The zero-order valence-corrected chi connectivity index (χ0v) is 21.8. The van der Waals surface area contributed by atoms with Crippen molar-refractivity contribution < 1.29 is 19.4 Å². The van der Waals surface area contributed by atoms with Crippen molar-refractivity contribution in [2.45, 2.75) is 46.6 Å². The van der Waals surface area contributed by atoms with E-state index in [1.807, 2.05) is 56.3 Å². The molecule has 2 aromatic rings. The van der Waals surface area contributed by atoms with E-state index in [2.05, 4.69) is 20.8 Å². The van der Waals surface area contributed by atoms with Crippen LogP contribution in [0.1, 0.15) is 55.5 Å². The van der Waals surface area contributed by atoms with Crippen LogP contribution in [0.3, 0.4) is 0 Å². The van der Waals surface area contributed by atoms with Crippen LogP contribution in [0.25, 0.3) is 5.76 Å². The van der Waals surface area contributed by atoms with Crippen LogP contribution >= 0.6 is 0 Å². The number of Topliss-reactive ketones (excluding diaryl/α,β-unsaturated/α-hetero) is 1. The van der Waals surface area contributed by atoms with E-state index in [1.165, 1.54) is 5.56 Å². The number of ether oxygens (including phenoxy) is 1. The molecule has 0 saturated carbocycles. The SMILES string of the molecule is CCc1ccc([C@@H]2/C(=C(\O)c3ccc(OCC(C)C)cc3C)C(=O)C(=O)N2CCCN(C)C)cc1. The van der Waals surface area contributed by atoms with Gasteiger partial charge in [-0.05, 0) is 81.2 Å². The minimum atomic E-state index is -0.642. The maximum atomic E-state index is 13.2. The van der Waals surface area contributed by atoms with Crippen molar-refractivity contribution in [2.75, 3.05) is 33.8 Å². The van der Waals surface area contributed by atoms with Crippen molar-refractivity contribution in [3.8, 4) is 5.75 Å². The number of rotatable bonds is 10. The third-order valence-electron chi connectivity index (χ3n) is 6.28. The minimum absolute atomic E-state index is 0.142. The Morgan fingerprint density at radius 2 is 1.80 bits per heavy atom. The van der Waals surface area contributed by atoms with Crippen LogP contribution in [-0.4, -0.2) is 60.4 Å². The first-order valence-electron chi connectivity index (χ1n) is 12.4. The summed E-state index contributed by atoms with van der Waals surface area (Å²) in [6.07, 6.45) is 1.62. The van der Waals surface area contributed by atoms with E-state index in [4.69, 9.17) is 4.74 Å². The zero-order chi connectivity index (χ0) is 25.7. The number of aliphatic hydroxyl groups is 1. The summed E-state index contributed by atoms with van der Waals surface area (Å²) in [6.45, 7) is 9.93. The monoisotopic (exact) mass is 478 g/mol. The maximum Gasteiger partial charge on any atom is 0.295 e. The molecular formula is C29H38N2O4. The number of nitrogens with zero attached hydrogens (tertiary/aromatic N) is 2. The Balaban J connectivity index is 2.05. The summed E-state index contributed by atoms with van der Waals surface area (Å²) in [5.74, 6) is -0.244. The van der Waals surface area contributed by atoms with Crippen LogP contribution in [-0.2, 0) is 16.0 Å². The highest BCUT2D eigenvalue weighted by molar-refractivity contribution is 6.46. The lowest BCUT2D eigenvalue weighted by atomic mass is 9.93. The molecule has 1 heterocycles. The van der Waals surface area contributed by atoms with Gasteiger partial charge in [0.05, 0.1) is 18.2 Å². The second-order valence-corrected chi connectivity index (χ2v) is 9.93. The lowest BCUT2D eigenvalue weighted by Crippen LogP contribution is -2.32.